The molecule has 0 spiro atoms. The van der Waals surface area contributed by atoms with Gasteiger partial charge in [-0.3, -0.25) is 4.79 Å². The highest BCUT2D eigenvalue weighted by molar-refractivity contribution is 5.95. The second-order valence-corrected chi connectivity index (χ2v) is 5.02. The summed E-state index contributed by atoms with van der Waals surface area (Å²) in [4.78, 5) is 27.2. The topological polar surface area (TPSA) is 92.4 Å². The van der Waals surface area contributed by atoms with Crippen LogP contribution in [0.2, 0.25) is 0 Å². The molecule has 2 N–H and O–H groups in total. The zero-order valence-corrected chi connectivity index (χ0v) is 12.2. The van der Waals surface area contributed by atoms with Crippen LogP contribution in [-0.4, -0.2) is 22.0 Å². The van der Waals surface area contributed by atoms with Crippen molar-refractivity contribution in [1.29, 1.82) is 0 Å². The van der Waals surface area contributed by atoms with Crippen molar-refractivity contribution in [2.24, 2.45) is 5.92 Å². The maximum atomic E-state index is 12.4. The summed E-state index contributed by atoms with van der Waals surface area (Å²) in [6, 6.07) is 8.99. The Morgan fingerprint density at radius 2 is 2.08 bits per heavy atom. The summed E-state index contributed by atoms with van der Waals surface area (Å²) in [6.45, 7) is -5.99. The molecular formula is C18H16N2O4. The standard InChI is InChI=1S/C18H16N2O4/c1-10(2)17(21)20-13-3-4-15-12(7-13)9-16(24-15)11-5-6-19-14(8-11)18(22)23/h3-10H,1-2H3,(H,20,21)(H,22,23)/i1D3,2D3. The summed E-state index contributed by atoms with van der Waals surface area (Å²) in [6.07, 6.45) is 1.33. The van der Waals surface area contributed by atoms with E-state index in [1.54, 1.807) is 12.1 Å². The lowest BCUT2D eigenvalue weighted by molar-refractivity contribution is -0.118. The van der Waals surface area contributed by atoms with E-state index in [9.17, 15) is 9.59 Å². The van der Waals surface area contributed by atoms with Gasteiger partial charge in [-0.05, 0) is 36.4 Å². The predicted molar refractivity (Wildman–Crippen MR) is 89.9 cm³/mol. The number of aromatic carboxylic acids is 1. The first-order valence-corrected chi connectivity index (χ1v) is 6.90. The molecule has 2 aromatic heterocycles. The maximum Gasteiger partial charge on any atom is 0.354 e. The Balaban J connectivity index is 1.90. The van der Waals surface area contributed by atoms with Gasteiger partial charge in [0, 0.05) is 37.0 Å². The number of furan rings is 1. The number of fused-ring (bicyclic) bond motifs is 1. The van der Waals surface area contributed by atoms with Crippen molar-refractivity contribution in [2.45, 2.75) is 13.7 Å². The minimum absolute atomic E-state index is 0.152. The van der Waals surface area contributed by atoms with Gasteiger partial charge in [0.2, 0.25) is 5.91 Å². The molecule has 0 atom stereocenters. The molecule has 1 amide bonds. The van der Waals surface area contributed by atoms with Gasteiger partial charge in [-0.2, -0.15) is 0 Å². The van der Waals surface area contributed by atoms with Crippen molar-refractivity contribution >= 4 is 28.5 Å². The molecule has 0 unspecified atom stereocenters. The Hall–Kier alpha value is -3.15. The quantitative estimate of drug-likeness (QED) is 0.759. The summed E-state index contributed by atoms with van der Waals surface area (Å²) in [7, 11) is 0. The molecule has 0 saturated heterocycles. The molecule has 6 nitrogen and oxygen atoms in total. The number of hydrogen-bond donors (Lipinski definition) is 2. The lowest BCUT2D eigenvalue weighted by atomic mass is 10.1. The third-order valence-corrected chi connectivity index (χ3v) is 3.31. The number of carboxylic acids is 1. The van der Waals surface area contributed by atoms with Gasteiger partial charge in [0.25, 0.3) is 0 Å². The number of pyridine rings is 1. The van der Waals surface area contributed by atoms with E-state index < -0.39 is 31.5 Å². The Morgan fingerprint density at radius 1 is 1.25 bits per heavy atom. The minimum atomic E-state index is -2.99. The summed E-state index contributed by atoms with van der Waals surface area (Å²) < 4.78 is 49.9. The average Bonchev–Trinajstić information content (AvgIpc) is 3.02. The first-order chi connectivity index (χ1) is 13.9. The van der Waals surface area contributed by atoms with Gasteiger partial charge in [-0.15, -0.1) is 0 Å². The van der Waals surface area contributed by atoms with E-state index in [4.69, 9.17) is 17.7 Å². The largest absolute Gasteiger partial charge is 0.477 e. The molecule has 0 saturated carbocycles. The van der Waals surface area contributed by atoms with Crippen molar-refractivity contribution in [3.8, 4) is 11.3 Å². The zero-order valence-electron chi connectivity index (χ0n) is 18.2. The van der Waals surface area contributed by atoms with Crippen molar-refractivity contribution in [1.82, 2.24) is 4.98 Å². The van der Waals surface area contributed by atoms with E-state index in [0.29, 0.717) is 22.3 Å². The van der Waals surface area contributed by atoms with Crippen LogP contribution in [0, 0.1) is 5.92 Å². The Morgan fingerprint density at radius 3 is 2.83 bits per heavy atom. The summed E-state index contributed by atoms with van der Waals surface area (Å²) >= 11 is 0. The fourth-order valence-corrected chi connectivity index (χ4v) is 2.18. The van der Waals surface area contributed by atoms with Gasteiger partial charge in [0.05, 0.1) is 0 Å². The molecule has 0 aliphatic rings. The van der Waals surface area contributed by atoms with Crippen LogP contribution in [0.5, 0.6) is 0 Å². The van der Waals surface area contributed by atoms with Crippen LogP contribution in [0.3, 0.4) is 0 Å². The number of hydrogen-bond acceptors (Lipinski definition) is 4. The highest BCUT2D eigenvalue weighted by atomic mass is 16.4. The molecule has 1 aromatic carbocycles. The van der Waals surface area contributed by atoms with E-state index in [1.807, 2.05) is 0 Å². The van der Waals surface area contributed by atoms with Crippen molar-refractivity contribution in [3.05, 3.63) is 48.3 Å². The molecule has 122 valence electrons. The van der Waals surface area contributed by atoms with E-state index in [1.165, 1.54) is 30.5 Å². The summed E-state index contributed by atoms with van der Waals surface area (Å²) in [5.74, 6) is -4.14. The van der Waals surface area contributed by atoms with Crippen molar-refractivity contribution < 1.29 is 27.3 Å². The van der Waals surface area contributed by atoms with Crippen LogP contribution < -0.4 is 5.32 Å². The Labute approximate surface area is 146 Å². The van der Waals surface area contributed by atoms with Gasteiger partial charge in [0.15, 0.2) is 0 Å². The van der Waals surface area contributed by atoms with Gasteiger partial charge in [-0.25, -0.2) is 9.78 Å². The number of carboxylic acid groups (broad SMARTS) is 1. The monoisotopic (exact) mass is 330 g/mol. The maximum absolute atomic E-state index is 12.4. The van der Waals surface area contributed by atoms with E-state index >= 15 is 0 Å². The second kappa shape index (κ2) is 6.16. The van der Waals surface area contributed by atoms with Gasteiger partial charge >= 0.3 is 5.97 Å². The first-order valence-electron chi connectivity index (χ1n) is 9.90. The summed E-state index contributed by atoms with van der Waals surface area (Å²) in [5.41, 5.74) is 0.953. The van der Waals surface area contributed by atoms with Crippen LogP contribution in [0.1, 0.15) is 32.4 Å². The number of nitrogens with zero attached hydrogens (tertiary/aromatic N) is 1. The fourth-order valence-electron chi connectivity index (χ4n) is 2.18. The molecule has 0 bridgehead atoms. The molecule has 3 aromatic rings. The number of carbonyl (C=O) groups is 2. The molecular weight excluding hydrogens is 308 g/mol. The number of amides is 1. The lowest BCUT2D eigenvalue weighted by Gasteiger charge is -2.07. The SMILES string of the molecule is [2H]C([2H])([2H])C(C(=O)Nc1ccc2oc(-c3ccnc(C(=O)O)c3)cc2c1)C([2H])([2H])[2H]. The predicted octanol–water partition coefficient (Wildman–Crippen LogP) is 3.79. The van der Waals surface area contributed by atoms with Crippen LogP contribution in [-0.2, 0) is 4.79 Å². The van der Waals surface area contributed by atoms with Gasteiger partial charge in [0.1, 0.15) is 17.0 Å². The highest BCUT2D eigenvalue weighted by Gasteiger charge is 2.12. The Bertz CT molecular complexity index is 1110. The first kappa shape index (κ1) is 9.87. The number of anilines is 1. The molecule has 6 heteroatoms. The van der Waals surface area contributed by atoms with Crippen molar-refractivity contribution in [2.75, 3.05) is 5.32 Å². The van der Waals surface area contributed by atoms with E-state index in [2.05, 4.69) is 10.3 Å². The second-order valence-electron chi connectivity index (χ2n) is 5.02. The lowest BCUT2D eigenvalue weighted by Crippen LogP contribution is -2.17. The number of nitrogens with one attached hydrogen (secondary N) is 1. The number of carbonyl (C=O) groups excluding carboxylic acids is 1. The molecule has 3 rings (SSSR count). The van der Waals surface area contributed by atoms with Gasteiger partial charge in [-0.1, -0.05) is 13.7 Å². The van der Waals surface area contributed by atoms with Crippen LogP contribution >= 0.6 is 0 Å². The van der Waals surface area contributed by atoms with Crippen molar-refractivity contribution in [3.63, 3.8) is 0 Å². The third kappa shape index (κ3) is 3.12. The molecule has 2 heterocycles. The fraction of sp³-hybridized carbons (Fsp3) is 0.167. The molecule has 24 heavy (non-hydrogen) atoms. The minimum Gasteiger partial charge on any atom is -0.477 e. The Kier molecular flexibility index (Phi) is 2.53. The highest BCUT2D eigenvalue weighted by Crippen LogP contribution is 2.29. The smallest absolute Gasteiger partial charge is 0.354 e. The summed E-state index contributed by atoms with van der Waals surface area (Å²) in [5, 5.41) is 11.9. The zero-order chi connectivity index (χ0) is 22.3. The molecule has 0 aliphatic heterocycles. The van der Waals surface area contributed by atoms with E-state index in [-0.39, 0.29) is 11.4 Å². The molecule has 0 aliphatic carbocycles. The molecule has 0 radical (unpaired) electrons. The van der Waals surface area contributed by atoms with Crippen LogP contribution in [0.15, 0.2) is 47.0 Å². The third-order valence-electron chi connectivity index (χ3n) is 3.31. The number of rotatable bonds is 4. The van der Waals surface area contributed by atoms with Gasteiger partial charge < -0.3 is 14.8 Å². The number of aromatic nitrogens is 1. The average molecular weight is 330 g/mol. The number of benzene rings is 1. The normalized spacial score (nSPS) is 15.7. The van der Waals surface area contributed by atoms with E-state index in [0.717, 1.165) is 0 Å². The van der Waals surface area contributed by atoms with Crippen LogP contribution in [0.25, 0.3) is 22.3 Å². The van der Waals surface area contributed by atoms with Crippen LogP contribution in [0.4, 0.5) is 5.69 Å². The molecule has 0 fully saturated rings.